The zero-order valence-corrected chi connectivity index (χ0v) is 12.5. The van der Waals surface area contributed by atoms with Gasteiger partial charge in [0.2, 0.25) is 0 Å². The Morgan fingerprint density at radius 3 is 2.17 bits per heavy atom. The summed E-state index contributed by atoms with van der Waals surface area (Å²) in [5.74, 6) is 0. The molecule has 1 aromatic carbocycles. The van der Waals surface area contributed by atoms with Crippen molar-refractivity contribution in [1.82, 2.24) is 0 Å². The fourth-order valence-electron chi connectivity index (χ4n) is 1.39. The zero-order chi connectivity index (χ0) is 13.8. The lowest BCUT2D eigenvalue weighted by Crippen LogP contribution is -2.18. The van der Waals surface area contributed by atoms with Gasteiger partial charge in [-0.3, -0.25) is 4.57 Å². The van der Waals surface area contributed by atoms with Gasteiger partial charge in [0.05, 0.1) is 13.2 Å². The summed E-state index contributed by atoms with van der Waals surface area (Å²) >= 11 is 3.01. The molecule has 0 saturated heterocycles. The maximum absolute atomic E-state index is 14.3. The van der Waals surface area contributed by atoms with Crippen LogP contribution in [0.2, 0.25) is 0 Å². The van der Waals surface area contributed by atoms with Crippen LogP contribution in [-0.2, 0) is 19.3 Å². The Hall–Kier alpha value is -0.290. The fourth-order valence-corrected chi connectivity index (χ4v) is 3.65. The second-order valence-electron chi connectivity index (χ2n) is 3.35. The van der Waals surface area contributed by atoms with Gasteiger partial charge in [0.15, 0.2) is 0 Å². The fraction of sp³-hybridized carbons (Fsp3) is 0.455. The molecule has 3 nitrogen and oxygen atoms in total. The number of hydrogen-bond acceptors (Lipinski definition) is 3. The maximum Gasteiger partial charge on any atom is 0.404 e. The van der Waals surface area contributed by atoms with Gasteiger partial charge in [-0.2, -0.15) is 8.78 Å². The highest BCUT2D eigenvalue weighted by atomic mass is 79.9. The van der Waals surface area contributed by atoms with Crippen LogP contribution >= 0.6 is 23.5 Å². The number of halogens is 3. The van der Waals surface area contributed by atoms with E-state index < -0.39 is 18.8 Å². The van der Waals surface area contributed by atoms with Gasteiger partial charge in [0.1, 0.15) is 0 Å². The highest BCUT2D eigenvalue weighted by Crippen LogP contribution is 2.67. The van der Waals surface area contributed by atoms with E-state index in [1.54, 1.807) is 6.07 Å². The number of benzene rings is 1. The Balaban J connectivity index is 3.25. The van der Waals surface area contributed by atoms with E-state index in [1.165, 1.54) is 32.0 Å². The van der Waals surface area contributed by atoms with Gasteiger partial charge in [-0.05, 0) is 19.9 Å². The molecule has 102 valence electrons. The average molecular weight is 343 g/mol. The average Bonchev–Trinajstić information content (AvgIpc) is 2.29. The highest BCUT2D eigenvalue weighted by Gasteiger charge is 2.55. The van der Waals surface area contributed by atoms with E-state index >= 15 is 0 Å². The first-order valence-electron chi connectivity index (χ1n) is 5.41. The first-order chi connectivity index (χ1) is 8.39. The Morgan fingerprint density at radius 1 is 1.22 bits per heavy atom. The molecule has 1 rings (SSSR count). The Kier molecular flexibility index (Phi) is 5.46. The van der Waals surface area contributed by atoms with Crippen LogP contribution < -0.4 is 0 Å². The van der Waals surface area contributed by atoms with Crippen LogP contribution in [-0.4, -0.2) is 13.2 Å². The third-order valence-corrected chi connectivity index (χ3v) is 4.96. The van der Waals surface area contributed by atoms with Crippen molar-refractivity contribution in [3.05, 3.63) is 34.3 Å². The second kappa shape index (κ2) is 6.24. The van der Waals surface area contributed by atoms with E-state index in [4.69, 9.17) is 9.05 Å². The van der Waals surface area contributed by atoms with E-state index in [9.17, 15) is 13.3 Å². The number of alkyl halides is 2. The molecule has 0 aromatic heterocycles. The quantitative estimate of drug-likeness (QED) is 0.699. The molecule has 0 spiro atoms. The minimum atomic E-state index is -4.53. The lowest BCUT2D eigenvalue weighted by molar-refractivity contribution is 0.0354. The van der Waals surface area contributed by atoms with Gasteiger partial charge in [-0.1, -0.05) is 34.1 Å². The van der Waals surface area contributed by atoms with Crippen LogP contribution in [0.5, 0.6) is 0 Å². The minimum Gasteiger partial charge on any atom is -0.304 e. The summed E-state index contributed by atoms with van der Waals surface area (Å²) in [6.45, 7) is 2.75. The third kappa shape index (κ3) is 2.99. The zero-order valence-electron chi connectivity index (χ0n) is 10.0. The monoisotopic (exact) mass is 342 g/mol. The molecule has 1 aromatic rings. The van der Waals surface area contributed by atoms with E-state index in [0.717, 1.165) is 0 Å². The van der Waals surface area contributed by atoms with Crippen molar-refractivity contribution in [3.63, 3.8) is 0 Å². The normalized spacial score (nSPS) is 12.7. The largest absolute Gasteiger partial charge is 0.404 e. The molecule has 0 heterocycles. The summed E-state index contributed by atoms with van der Waals surface area (Å²) in [5.41, 5.74) is -4.10. The van der Waals surface area contributed by atoms with Crippen LogP contribution in [0, 0.1) is 0 Å². The molecule has 0 radical (unpaired) electrons. The predicted molar refractivity (Wildman–Crippen MR) is 68.9 cm³/mol. The highest BCUT2D eigenvalue weighted by molar-refractivity contribution is 9.10. The number of hydrogen-bond donors (Lipinski definition) is 0. The molecule has 0 aliphatic carbocycles. The lowest BCUT2D eigenvalue weighted by atomic mass is 10.2. The molecule has 0 bridgehead atoms. The molecule has 0 atom stereocenters. The van der Waals surface area contributed by atoms with Crippen molar-refractivity contribution in [3.8, 4) is 0 Å². The van der Waals surface area contributed by atoms with Gasteiger partial charge in [0, 0.05) is 10.0 Å². The maximum atomic E-state index is 14.3. The third-order valence-electron chi connectivity index (χ3n) is 2.14. The molecule has 7 heteroatoms. The molecule has 0 aliphatic heterocycles. The van der Waals surface area contributed by atoms with Gasteiger partial charge >= 0.3 is 13.3 Å². The minimum absolute atomic E-state index is 0.114. The molecular formula is C11H14BrF2O3P. The molecule has 0 aliphatic rings. The first-order valence-corrected chi connectivity index (χ1v) is 7.74. The van der Waals surface area contributed by atoms with E-state index in [2.05, 4.69) is 15.9 Å². The van der Waals surface area contributed by atoms with Crippen molar-refractivity contribution >= 4 is 23.5 Å². The van der Waals surface area contributed by atoms with Crippen molar-refractivity contribution in [1.29, 1.82) is 0 Å². The van der Waals surface area contributed by atoms with Crippen LogP contribution in [0.15, 0.2) is 28.7 Å². The van der Waals surface area contributed by atoms with E-state index in [0.29, 0.717) is 0 Å². The van der Waals surface area contributed by atoms with E-state index in [-0.39, 0.29) is 17.7 Å². The van der Waals surface area contributed by atoms with Crippen LogP contribution in [0.1, 0.15) is 19.4 Å². The summed E-state index contributed by atoms with van der Waals surface area (Å²) < 4.78 is 50.3. The van der Waals surface area contributed by atoms with Crippen LogP contribution in [0.3, 0.4) is 0 Å². The molecule has 18 heavy (non-hydrogen) atoms. The second-order valence-corrected chi connectivity index (χ2v) is 6.28. The molecule has 0 fully saturated rings. The summed E-state index contributed by atoms with van der Waals surface area (Å²) in [6.07, 6.45) is 0. The Labute approximate surface area is 113 Å². The topological polar surface area (TPSA) is 35.5 Å². The van der Waals surface area contributed by atoms with Gasteiger partial charge in [-0.25, -0.2) is 0 Å². The smallest absolute Gasteiger partial charge is 0.304 e. The van der Waals surface area contributed by atoms with Gasteiger partial charge < -0.3 is 9.05 Å². The van der Waals surface area contributed by atoms with Crippen molar-refractivity contribution in [2.75, 3.05) is 13.2 Å². The van der Waals surface area contributed by atoms with Gasteiger partial charge in [-0.15, -0.1) is 0 Å². The Morgan fingerprint density at radius 2 is 1.72 bits per heavy atom. The Bertz CT molecular complexity index is 444. The predicted octanol–water partition coefficient (Wildman–Crippen LogP) is 4.76. The van der Waals surface area contributed by atoms with Crippen LogP contribution in [0.25, 0.3) is 0 Å². The van der Waals surface area contributed by atoms with Crippen molar-refractivity contribution < 1.29 is 22.4 Å². The summed E-state index contributed by atoms with van der Waals surface area (Å²) in [4.78, 5) is 0. The molecule has 0 unspecified atom stereocenters. The standard InChI is InChI=1S/C11H14BrF2O3P/c1-3-16-18(15,17-4-2)11(13,14)9-7-5-6-8-10(9)12/h5-8H,3-4H2,1-2H3. The molecule has 0 amide bonds. The van der Waals surface area contributed by atoms with E-state index in [1.807, 2.05) is 0 Å². The van der Waals surface area contributed by atoms with Crippen molar-refractivity contribution in [2.45, 2.75) is 19.5 Å². The molecule has 0 N–H and O–H groups in total. The lowest BCUT2D eigenvalue weighted by Gasteiger charge is -2.26. The first kappa shape index (κ1) is 15.8. The van der Waals surface area contributed by atoms with Crippen molar-refractivity contribution in [2.24, 2.45) is 0 Å². The number of rotatable bonds is 6. The SMILES string of the molecule is CCOP(=O)(OCC)C(F)(F)c1ccccc1Br. The molecule has 0 saturated carbocycles. The summed E-state index contributed by atoms with van der Waals surface area (Å²) in [7, 11) is -4.53. The summed E-state index contributed by atoms with van der Waals surface area (Å²) in [5, 5.41) is 0. The van der Waals surface area contributed by atoms with Gasteiger partial charge in [0.25, 0.3) is 0 Å². The summed E-state index contributed by atoms with van der Waals surface area (Å²) in [6, 6.07) is 5.67. The molecular weight excluding hydrogens is 329 g/mol. The van der Waals surface area contributed by atoms with Crippen LogP contribution in [0.4, 0.5) is 8.78 Å².